The molecule has 7 nitrogen and oxygen atoms in total. The lowest BCUT2D eigenvalue weighted by Crippen LogP contribution is -2.26. The van der Waals surface area contributed by atoms with Crippen molar-refractivity contribution < 1.29 is 18.3 Å². The molecule has 2 aromatic rings. The molecule has 0 spiro atoms. The topological polar surface area (TPSA) is 92.5 Å². The molecular weight excluding hydrogens is 330 g/mol. The van der Waals surface area contributed by atoms with E-state index in [1.807, 2.05) is 6.92 Å². The molecule has 1 aromatic heterocycles. The van der Waals surface area contributed by atoms with Crippen LogP contribution in [-0.4, -0.2) is 33.6 Å². The number of nitrogens with zero attached hydrogens (tertiary/aromatic N) is 3. The molecule has 24 heavy (non-hydrogen) atoms. The van der Waals surface area contributed by atoms with Gasteiger partial charge in [0, 0.05) is 25.8 Å². The van der Waals surface area contributed by atoms with E-state index in [-0.39, 0.29) is 23.5 Å². The molecule has 0 amide bonds. The Balaban J connectivity index is 1.96. The maximum atomic E-state index is 12.9. The third-order valence-corrected chi connectivity index (χ3v) is 6.05. The zero-order chi connectivity index (χ0) is 17.5. The van der Waals surface area contributed by atoms with Gasteiger partial charge in [0.15, 0.2) is 0 Å². The number of benzene rings is 1. The summed E-state index contributed by atoms with van der Waals surface area (Å²) < 4.78 is 28.8. The third kappa shape index (κ3) is 2.71. The lowest BCUT2D eigenvalue weighted by molar-refractivity contribution is 0.0695. The van der Waals surface area contributed by atoms with Crippen molar-refractivity contribution in [2.45, 2.75) is 44.8 Å². The SMILES string of the molecule is CCCn1cc(S(=O)(=O)N2Cc3cccc(C(=O)O)c3C2)c(C)n1. The summed E-state index contributed by atoms with van der Waals surface area (Å²) in [7, 11) is -3.72. The number of aromatic carboxylic acids is 1. The number of hydrogen-bond acceptors (Lipinski definition) is 4. The molecule has 128 valence electrons. The molecule has 1 aliphatic heterocycles. The van der Waals surface area contributed by atoms with E-state index < -0.39 is 16.0 Å². The van der Waals surface area contributed by atoms with Crippen LogP contribution in [0.4, 0.5) is 0 Å². The van der Waals surface area contributed by atoms with Crippen LogP contribution in [0.1, 0.15) is 40.5 Å². The van der Waals surface area contributed by atoms with Gasteiger partial charge in [0.2, 0.25) is 10.0 Å². The molecular formula is C16H19N3O4S. The van der Waals surface area contributed by atoms with Crippen molar-refractivity contribution >= 4 is 16.0 Å². The number of rotatable bonds is 5. The number of sulfonamides is 1. The highest BCUT2D eigenvalue weighted by molar-refractivity contribution is 7.89. The minimum absolute atomic E-state index is 0.0680. The maximum Gasteiger partial charge on any atom is 0.336 e. The fourth-order valence-electron chi connectivity index (χ4n) is 3.00. The van der Waals surface area contributed by atoms with Gasteiger partial charge in [-0.25, -0.2) is 13.2 Å². The number of carboxylic acids is 1. The van der Waals surface area contributed by atoms with E-state index in [4.69, 9.17) is 0 Å². The Labute approximate surface area is 140 Å². The standard InChI is InChI=1S/C16H19N3O4S/c1-3-7-18-10-15(11(2)17-18)24(22,23)19-8-12-5-4-6-13(16(20)21)14(12)9-19/h4-6,10H,3,7-9H2,1-2H3,(H,20,21). The number of aryl methyl sites for hydroxylation is 2. The number of fused-ring (bicyclic) bond motifs is 1. The first-order valence-corrected chi connectivity index (χ1v) is 9.17. The fourth-order valence-corrected chi connectivity index (χ4v) is 4.55. The molecule has 0 fully saturated rings. The summed E-state index contributed by atoms with van der Waals surface area (Å²) in [5.41, 5.74) is 1.91. The zero-order valence-electron chi connectivity index (χ0n) is 13.6. The molecule has 0 saturated carbocycles. The lowest BCUT2D eigenvalue weighted by atomic mass is 10.0. The second-order valence-electron chi connectivity index (χ2n) is 5.86. The predicted octanol–water partition coefficient (Wildman–Crippen LogP) is 2.00. The average molecular weight is 349 g/mol. The van der Waals surface area contributed by atoms with Crippen LogP contribution in [0.5, 0.6) is 0 Å². The van der Waals surface area contributed by atoms with Crippen molar-refractivity contribution in [1.29, 1.82) is 0 Å². The number of carboxylic acid groups (broad SMARTS) is 1. The van der Waals surface area contributed by atoms with Crippen molar-refractivity contribution in [1.82, 2.24) is 14.1 Å². The largest absolute Gasteiger partial charge is 0.478 e. The summed E-state index contributed by atoms with van der Waals surface area (Å²) >= 11 is 0. The maximum absolute atomic E-state index is 12.9. The van der Waals surface area contributed by atoms with Gasteiger partial charge in [0.25, 0.3) is 0 Å². The minimum Gasteiger partial charge on any atom is -0.478 e. The molecule has 1 N–H and O–H groups in total. The molecule has 0 aliphatic carbocycles. The van der Waals surface area contributed by atoms with Gasteiger partial charge in [0.05, 0.1) is 11.3 Å². The minimum atomic E-state index is -3.72. The summed E-state index contributed by atoms with van der Waals surface area (Å²) in [6.07, 6.45) is 2.41. The Morgan fingerprint density at radius 3 is 2.75 bits per heavy atom. The monoisotopic (exact) mass is 349 g/mol. The van der Waals surface area contributed by atoms with Crippen molar-refractivity contribution in [2.75, 3.05) is 0 Å². The van der Waals surface area contributed by atoms with Crippen LogP contribution < -0.4 is 0 Å². The quantitative estimate of drug-likeness (QED) is 0.891. The van der Waals surface area contributed by atoms with Crippen LogP contribution in [0, 0.1) is 6.92 Å². The van der Waals surface area contributed by atoms with Crippen molar-refractivity contribution in [3.63, 3.8) is 0 Å². The first-order chi connectivity index (χ1) is 11.3. The second-order valence-corrected chi connectivity index (χ2v) is 7.77. The average Bonchev–Trinajstić information content (AvgIpc) is 3.11. The molecule has 2 heterocycles. The van der Waals surface area contributed by atoms with Crippen molar-refractivity contribution in [3.05, 3.63) is 46.8 Å². The van der Waals surface area contributed by atoms with Gasteiger partial charge in [0.1, 0.15) is 4.90 Å². The Morgan fingerprint density at radius 2 is 2.08 bits per heavy atom. The van der Waals surface area contributed by atoms with E-state index in [1.54, 1.807) is 29.9 Å². The van der Waals surface area contributed by atoms with Gasteiger partial charge in [-0.05, 0) is 30.5 Å². The molecule has 0 unspecified atom stereocenters. The molecule has 1 aliphatic rings. The summed E-state index contributed by atoms with van der Waals surface area (Å²) in [6, 6.07) is 4.91. The van der Waals surface area contributed by atoms with Crippen LogP contribution in [0.2, 0.25) is 0 Å². The van der Waals surface area contributed by atoms with Crippen LogP contribution >= 0.6 is 0 Å². The van der Waals surface area contributed by atoms with Gasteiger partial charge in [-0.3, -0.25) is 4.68 Å². The van der Waals surface area contributed by atoms with E-state index in [1.165, 1.54) is 10.4 Å². The van der Waals surface area contributed by atoms with E-state index in [0.29, 0.717) is 17.8 Å². The highest BCUT2D eigenvalue weighted by atomic mass is 32.2. The molecule has 0 radical (unpaired) electrons. The zero-order valence-corrected chi connectivity index (χ0v) is 14.4. The smallest absolute Gasteiger partial charge is 0.336 e. The van der Waals surface area contributed by atoms with Crippen molar-refractivity contribution in [2.24, 2.45) is 0 Å². The number of carbonyl (C=O) groups is 1. The van der Waals surface area contributed by atoms with Crippen LogP contribution in [-0.2, 0) is 29.7 Å². The van der Waals surface area contributed by atoms with Crippen LogP contribution in [0.3, 0.4) is 0 Å². The van der Waals surface area contributed by atoms with Crippen LogP contribution in [0.25, 0.3) is 0 Å². The highest BCUT2D eigenvalue weighted by Crippen LogP contribution is 2.31. The summed E-state index contributed by atoms with van der Waals surface area (Å²) in [6.45, 7) is 4.57. The lowest BCUT2D eigenvalue weighted by Gasteiger charge is -2.14. The molecule has 8 heteroatoms. The fraction of sp³-hybridized carbons (Fsp3) is 0.375. The van der Waals surface area contributed by atoms with Crippen molar-refractivity contribution in [3.8, 4) is 0 Å². The highest BCUT2D eigenvalue weighted by Gasteiger charge is 2.34. The normalized spacial score (nSPS) is 14.8. The van der Waals surface area contributed by atoms with Gasteiger partial charge < -0.3 is 5.11 Å². The van der Waals surface area contributed by atoms with Crippen LogP contribution in [0.15, 0.2) is 29.3 Å². The van der Waals surface area contributed by atoms with Gasteiger partial charge in [-0.1, -0.05) is 19.1 Å². The Morgan fingerprint density at radius 1 is 1.33 bits per heavy atom. The second kappa shape index (κ2) is 6.03. The van der Waals surface area contributed by atoms with E-state index >= 15 is 0 Å². The molecule has 3 rings (SSSR count). The van der Waals surface area contributed by atoms with Gasteiger partial charge in [-0.2, -0.15) is 9.40 Å². The molecule has 0 atom stereocenters. The first kappa shape index (κ1) is 16.7. The third-order valence-electron chi connectivity index (χ3n) is 4.16. The number of hydrogen-bond donors (Lipinski definition) is 1. The van der Waals surface area contributed by atoms with Gasteiger partial charge >= 0.3 is 5.97 Å². The Hall–Kier alpha value is -2.19. The predicted molar refractivity (Wildman–Crippen MR) is 87.1 cm³/mol. The number of aromatic nitrogens is 2. The van der Waals surface area contributed by atoms with E-state index in [2.05, 4.69) is 5.10 Å². The molecule has 0 saturated heterocycles. The molecule has 1 aromatic carbocycles. The summed E-state index contributed by atoms with van der Waals surface area (Å²) in [5.74, 6) is -1.04. The first-order valence-electron chi connectivity index (χ1n) is 7.73. The van der Waals surface area contributed by atoms with E-state index in [9.17, 15) is 18.3 Å². The summed E-state index contributed by atoms with van der Waals surface area (Å²) in [5, 5.41) is 13.5. The molecule has 0 bridgehead atoms. The Bertz CT molecular complexity index is 902. The van der Waals surface area contributed by atoms with E-state index in [0.717, 1.165) is 12.0 Å². The van der Waals surface area contributed by atoms with Gasteiger partial charge in [-0.15, -0.1) is 0 Å². The summed E-state index contributed by atoms with van der Waals surface area (Å²) in [4.78, 5) is 11.5. The Kier molecular flexibility index (Phi) is 4.18.